The van der Waals surface area contributed by atoms with Crippen molar-refractivity contribution in [2.75, 3.05) is 0 Å². The highest BCUT2D eigenvalue weighted by atomic mass is 15.0. The number of benzene rings is 8. The van der Waals surface area contributed by atoms with Gasteiger partial charge in [-0.1, -0.05) is 163 Å². The fourth-order valence-corrected chi connectivity index (χ4v) is 8.07. The highest BCUT2D eigenvalue weighted by Gasteiger charge is 2.16. The maximum Gasteiger partial charge on any atom is 0.0547 e. The van der Waals surface area contributed by atoms with Crippen molar-refractivity contribution in [3.05, 3.63) is 198 Å². The molecule has 0 unspecified atom stereocenters. The summed E-state index contributed by atoms with van der Waals surface area (Å²) in [5, 5.41) is 2.50. The first-order valence-corrected chi connectivity index (χ1v) is 18.5. The molecule has 0 aliphatic rings. The van der Waals surface area contributed by atoms with E-state index >= 15 is 0 Å². The van der Waals surface area contributed by atoms with Crippen LogP contribution in [-0.4, -0.2) is 4.57 Å². The lowest BCUT2D eigenvalue weighted by atomic mass is 9.96. The maximum atomic E-state index is 2.46. The molecule has 1 heterocycles. The zero-order chi connectivity index (χ0) is 36.1. The lowest BCUT2D eigenvalue weighted by molar-refractivity contribution is 1.18. The van der Waals surface area contributed by atoms with E-state index in [4.69, 9.17) is 0 Å². The van der Waals surface area contributed by atoms with Crippen LogP contribution in [0.3, 0.4) is 0 Å². The highest BCUT2D eigenvalue weighted by molar-refractivity contribution is 6.11. The SMILES string of the molecule is Cc1ccc(-c2ccc(-c3ccc4c5ccc(-c6ccc(-c7ccc(C)cc7C)cc6)cc5n(-c5cccc(-c6ccccc6)c5)c4c3)cc2)c(C)c1. The highest BCUT2D eigenvalue weighted by Crippen LogP contribution is 2.39. The summed E-state index contributed by atoms with van der Waals surface area (Å²) in [5.74, 6) is 0. The number of hydrogen-bond donors (Lipinski definition) is 0. The van der Waals surface area contributed by atoms with Crippen molar-refractivity contribution in [2.45, 2.75) is 27.7 Å². The second-order valence-corrected chi connectivity index (χ2v) is 14.5. The van der Waals surface area contributed by atoms with Crippen LogP contribution in [0.4, 0.5) is 0 Å². The molecule has 0 spiro atoms. The number of hydrogen-bond acceptors (Lipinski definition) is 0. The van der Waals surface area contributed by atoms with Crippen LogP contribution in [0.15, 0.2) is 176 Å². The summed E-state index contributed by atoms with van der Waals surface area (Å²) < 4.78 is 2.46. The number of nitrogens with zero attached hydrogens (tertiary/aromatic N) is 1. The van der Waals surface area contributed by atoms with Crippen molar-refractivity contribution in [1.29, 1.82) is 0 Å². The minimum absolute atomic E-state index is 1.15. The molecule has 9 rings (SSSR count). The Balaban J connectivity index is 1.18. The van der Waals surface area contributed by atoms with Crippen LogP contribution in [-0.2, 0) is 0 Å². The molecule has 0 saturated carbocycles. The van der Waals surface area contributed by atoms with Gasteiger partial charge in [-0.25, -0.2) is 0 Å². The summed E-state index contributed by atoms with van der Waals surface area (Å²) in [6.45, 7) is 8.70. The Morgan fingerprint density at radius 2 is 0.717 bits per heavy atom. The third-order valence-electron chi connectivity index (χ3n) is 10.8. The molecule has 1 heteroatoms. The number of rotatable bonds is 6. The van der Waals surface area contributed by atoms with E-state index in [1.165, 1.54) is 99.7 Å². The molecule has 254 valence electrons. The van der Waals surface area contributed by atoms with Crippen molar-refractivity contribution >= 4 is 21.8 Å². The topological polar surface area (TPSA) is 4.93 Å². The normalized spacial score (nSPS) is 11.4. The van der Waals surface area contributed by atoms with Gasteiger partial charge < -0.3 is 4.57 Å². The van der Waals surface area contributed by atoms with Crippen molar-refractivity contribution in [1.82, 2.24) is 4.57 Å². The summed E-state index contributed by atoms with van der Waals surface area (Å²) in [7, 11) is 0. The monoisotopic (exact) mass is 679 g/mol. The molecule has 0 bridgehead atoms. The molecule has 0 amide bonds. The van der Waals surface area contributed by atoms with Crippen LogP contribution in [0, 0.1) is 27.7 Å². The predicted molar refractivity (Wildman–Crippen MR) is 227 cm³/mol. The van der Waals surface area contributed by atoms with Crippen LogP contribution in [0.1, 0.15) is 22.3 Å². The minimum Gasteiger partial charge on any atom is -0.309 e. The van der Waals surface area contributed by atoms with Gasteiger partial charge in [0, 0.05) is 16.5 Å². The second-order valence-electron chi connectivity index (χ2n) is 14.5. The van der Waals surface area contributed by atoms with Gasteiger partial charge in [0.25, 0.3) is 0 Å². The Hall–Kier alpha value is -6.44. The molecule has 0 fully saturated rings. The van der Waals surface area contributed by atoms with Crippen LogP contribution >= 0.6 is 0 Å². The number of aryl methyl sites for hydroxylation is 4. The molecule has 1 aromatic heterocycles. The standard InChI is InChI=1S/C52H41N/c1-34-13-25-47(36(3)29-34)41-19-15-39(16-20-41)44-23-27-49-50-28-24-45(40-17-21-42(22-18-40)48-26-14-35(2)30-37(48)4)33-52(50)53(51(49)32-44)46-12-8-11-43(31-46)38-9-6-5-7-10-38/h5-33H,1-4H3. The summed E-state index contributed by atoms with van der Waals surface area (Å²) in [6, 6.07) is 65.0. The molecule has 1 nitrogen and oxygen atoms in total. The van der Waals surface area contributed by atoms with E-state index in [9.17, 15) is 0 Å². The molecular weight excluding hydrogens is 639 g/mol. The summed E-state index contributed by atoms with van der Waals surface area (Å²) in [4.78, 5) is 0. The van der Waals surface area contributed by atoms with Gasteiger partial charge in [-0.2, -0.15) is 0 Å². The van der Waals surface area contributed by atoms with Gasteiger partial charge >= 0.3 is 0 Å². The van der Waals surface area contributed by atoms with Gasteiger partial charge in [0.2, 0.25) is 0 Å². The Kier molecular flexibility index (Phi) is 8.13. The molecule has 8 aromatic carbocycles. The Labute approximate surface area is 312 Å². The van der Waals surface area contributed by atoms with Gasteiger partial charge in [-0.15, -0.1) is 0 Å². The van der Waals surface area contributed by atoms with Crippen LogP contribution in [0.5, 0.6) is 0 Å². The van der Waals surface area contributed by atoms with E-state index in [2.05, 4.69) is 208 Å². The van der Waals surface area contributed by atoms with E-state index < -0.39 is 0 Å². The average Bonchev–Trinajstić information content (AvgIpc) is 3.51. The van der Waals surface area contributed by atoms with E-state index in [0.717, 1.165) is 5.69 Å². The molecule has 0 atom stereocenters. The third-order valence-corrected chi connectivity index (χ3v) is 10.8. The maximum absolute atomic E-state index is 2.46. The lowest BCUT2D eigenvalue weighted by Crippen LogP contribution is -1.95. The molecule has 0 saturated heterocycles. The number of aromatic nitrogens is 1. The quantitative estimate of drug-likeness (QED) is 0.165. The van der Waals surface area contributed by atoms with Gasteiger partial charge in [0.15, 0.2) is 0 Å². The van der Waals surface area contributed by atoms with Gasteiger partial charge in [-0.05, 0) is 119 Å². The number of fused-ring (bicyclic) bond motifs is 3. The Morgan fingerprint density at radius 3 is 1.21 bits per heavy atom. The molecule has 9 aromatic rings. The van der Waals surface area contributed by atoms with Crippen LogP contribution in [0.2, 0.25) is 0 Å². The van der Waals surface area contributed by atoms with Gasteiger partial charge in [0.1, 0.15) is 0 Å². The van der Waals surface area contributed by atoms with Crippen LogP contribution in [0.25, 0.3) is 83.1 Å². The predicted octanol–water partition coefficient (Wildman–Crippen LogP) is 14.4. The fourth-order valence-electron chi connectivity index (χ4n) is 8.07. The largest absolute Gasteiger partial charge is 0.309 e. The molecule has 53 heavy (non-hydrogen) atoms. The molecular formula is C52H41N. The molecule has 0 radical (unpaired) electrons. The summed E-state index contributed by atoms with van der Waals surface area (Å²) in [5.41, 5.74) is 21.0. The van der Waals surface area contributed by atoms with Crippen molar-refractivity contribution < 1.29 is 0 Å². The van der Waals surface area contributed by atoms with E-state index in [0.29, 0.717) is 0 Å². The average molecular weight is 680 g/mol. The Morgan fingerprint density at radius 1 is 0.302 bits per heavy atom. The van der Waals surface area contributed by atoms with Crippen molar-refractivity contribution in [2.24, 2.45) is 0 Å². The lowest BCUT2D eigenvalue weighted by Gasteiger charge is -2.12. The van der Waals surface area contributed by atoms with Crippen molar-refractivity contribution in [3.8, 4) is 61.3 Å². The smallest absolute Gasteiger partial charge is 0.0547 e. The summed E-state index contributed by atoms with van der Waals surface area (Å²) in [6.07, 6.45) is 0. The van der Waals surface area contributed by atoms with Crippen LogP contribution < -0.4 is 0 Å². The fraction of sp³-hybridized carbons (Fsp3) is 0.0769. The Bertz CT molecular complexity index is 2630. The second kappa shape index (κ2) is 13.3. The van der Waals surface area contributed by atoms with Crippen molar-refractivity contribution in [3.63, 3.8) is 0 Å². The van der Waals surface area contributed by atoms with Gasteiger partial charge in [0.05, 0.1) is 11.0 Å². The summed E-state index contributed by atoms with van der Waals surface area (Å²) >= 11 is 0. The first-order chi connectivity index (χ1) is 25.9. The van der Waals surface area contributed by atoms with E-state index in [-0.39, 0.29) is 0 Å². The zero-order valence-corrected chi connectivity index (χ0v) is 30.7. The first-order valence-electron chi connectivity index (χ1n) is 18.5. The molecule has 0 aliphatic carbocycles. The van der Waals surface area contributed by atoms with E-state index in [1.54, 1.807) is 0 Å². The molecule has 0 aliphatic heterocycles. The first kappa shape index (κ1) is 32.5. The van der Waals surface area contributed by atoms with E-state index in [1.807, 2.05) is 0 Å². The zero-order valence-electron chi connectivity index (χ0n) is 30.7. The minimum atomic E-state index is 1.15. The van der Waals surface area contributed by atoms with Gasteiger partial charge in [-0.3, -0.25) is 0 Å². The third kappa shape index (κ3) is 6.05. The molecule has 0 N–H and O–H groups in total.